The first-order valence-electron chi connectivity index (χ1n) is 4.87. The van der Waals surface area contributed by atoms with Gasteiger partial charge in [-0.1, -0.05) is 13.8 Å². The molecule has 0 spiro atoms. The molecule has 0 aromatic heterocycles. The van der Waals surface area contributed by atoms with E-state index in [1.807, 2.05) is 24.3 Å². The third kappa shape index (κ3) is 4.33. The van der Waals surface area contributed by atoms with Crippen molar-refractivity contribution in [3.63, 3.8) is 0 Å². The molecule has 1 aliphatic rings. The summed E-state index contributed by atoms with van der Waals surface area (Å²) in [5.74, 6) is 0. The summed E-state index contributed by atoms with van der Waals surface area (Å²) in [4.78, 5) is 0. The molecule has 0 radical (unpaired) electrons. The summed E-state index contributed by atoms with van der Waals surface area (Å²) in [6.45, 7) is 5.77. The summed E-state index contributed by atoms with van der Waals surface area (Å²) < 4.78 is 11.3. The maximum Gasteiger partial charge on any atom is 2.00 e. The van der Waals surface area contributed by atoms with Crippen molar-refractivity contribution in [1.82, 2.24) is 0 Å². The third-order valence-electron chi connectivity index (χ3n) is 2.27. The Kier molecular flexibility index (Phi) is 7.13. The monoisotopic (exact) mass is 294 g/mol. The van der Waals surface area contributed by atoms with Crippen LogP contribution in [0.5, 0.6) is 0 Å². The first-order valence-corrected chi connectivity index (χ1v) is 4.87. The average Bonchev–Trinajstić information content (AvgIpc) is 2.19. The zero-order valence-electron chi connectivity index (χ0n) is 9.70. The van der Waals surface area contributed by atoms with Crippen molar-refractivity contribution in [2.75, 3.05) is 13.2 Å². The molecule has 84 valence electrons. The minimum absolute atomic E-state index is 0. The maximum absolute atomic E-state index is 5.64. The predicted molar refractivity (Wildman–Crippen MR) is 59.5 cm³/mol. The van der Waals surface area contributed by atoms with Gasteiger partial charge in [0.2, 0.25) is 0 Å². The fraction of sp³-hybridized carbons (Fsp3) is 0.500. The van der Waals surface area contributed by atoms with Crippen molar-refractivity contribution in [3.8, 4) is 0 Å². The molecule has 0 unspecified atom stereocenters. The Morgan fingerprint density at radius 2 is 1.69 bits per heavy atom. The van der Waals surface area contributed by atoms with Gasteiger partial charge in [0.15, 0.2) is 6.29 Å². The first kappa shape index (κ1) is 16.4. The second kappa shape index (κ2) is 6.96. The van der Waals surface area contributed by atoms with Crippen molar-refractivity contribution in [1.29, 1.82) is 0 Å². The molecule has 1 heterocycles. The van der Waals surface area contributed by atoms with Crippen molar-refractivity contribution < 1.29 is 26.5 Å². The minimum atomic E-state index is -0.197. The van der Waals surface area contributed by atoms with E-state index in [1.165, 1.54) is 0 Å². The molecule has 0 N–H and O–H groups in total. The largest absolute Gasteiger partial charge is 2.00 e. The van der Waals surface area contributed by atoms with Gasteiger partial charge in [-0.2, -0.15) is 30.3 Å². The quantitative estimate of drug-likeness (QED) is 0.498. The predicted octanol–water partition coefficient (Wildman–Crippen LogP) is -0.818. The molecule has 4 heteroatoms. The smallest absolute Gasteiger partial charge is 1.00 e. The van der Waals surface area contributed by atoms with Crippen molar-refractivity contribution in [2.24, 2.45) is 5.41 Å². The molecule has 1 saturated heterocycles. The molecule has 1 aromatic rings. The van der Waals surface area contributed by atoms with E-state index in [9.17, 15) is 0 Å². The number of benzene rings is 1. The van der Waals surface area contributed by atoms with E-state index >= 15 is 0 Å². The van der Waals surface area contributed by atoms with Gasteiger partial charge in [0.25, 0.3) is 0 Å². The molecule has 0 aliphatic carbocycles. The Labute approximate surface area is 124 Å². The number of ether oxygens (including phenoxy) is 2. The van der Waals surface area contributed by atoms with E-state index in [2.05, 4.69) is 19.9 Å². The van der Waals surface area contributed by atoms with Gasteiger partial charge in [0.05, 0.1) is 13.2 Å². The van der Waals surface area contributed by atoms with Crippen LogP contribution in [0, 0.1) is 11.5 Å². The van der Waals surface area contributed by atoms with Crippen LogP contribution in [0.4, 0.5) is 0 Å². The summed E-state index contributed by atoms with van der Waals surface area (Å²) in [5.41, 5.74) is 1.21. The molecule has 0 amide bonds. The number of hydrogen-bond acceptors (Lipinski definition) is 2. The summed E-state index contributed by atoms with van der Waals surface area (Å²) in [5, 5.41) is 0. The summed E-state index contributed by atoms with van der Waals surface area (Å²) >= 11 is 0. The maximum atomic E-state index is 5.64. The van der Waals surface area contributed by atoms with Gasteiger partial charge in [-0.3, -0.25) is 0 Å². The van der Waals surface area contributed by atoms with Crippen LogP contribution in [-0.4, -0.2) is 36.3 Å². The van der Waals surface area contributed by atoms with Gasteiger partial charge in [0, 0.05) is 5.41 Å². The molecular formula is C12H15BrMgO2. The molecule has 16 heavy (non-hydrogen) atoms. The van der Waals surface area contributed by atoms with Gasteiger partial charge >= 0.3 is 23.1 Å². The van der Waals surface area contributed by atoms with Crippen molar-refractivity contribution in [3.05, 3.63) is 35.9 Å². The van der Waals surface area contributed by atoms with Crippen LogP contribution in [0.3, 0.4) is 0 Å². The Morgan fingerprint density at radius 1 is 1.19 bits per heavy atom. The van der Waals surface area contributed by atoms with E-state index in [1.54, 1.807) is 0 Å². The van der Waals surface area contributed by atoms with E-state index < -0.39 is 0 Å². The Balaban J connectivity index is 0.00000112. The van der Waals surface area contributed by atoms with Gasteiger partial charge in [-0.05, 0) is 0 Å². The van der Waals surface area contributed by atoms with Crippen LogP contribution in [0.2, 0.25) is 0 Å². The summed E-state index contributed by atoms with van der Waals surface area (Å²) in [7, 11) is 0. The molecule has 0 atom stereocenters. The van der Waals surface area contributed by atoms with E-state index in [4.69, 9.17) is 9.47 Å². The molecule has 1 fully saturated rings. The van der Waals surface area contributed by atoms with Crippen LogP contribution in [0.1, 0.15) is 25.7 Å². The minimum Gasteiger partial charge on any atom is -1.00 e. The standard InChI is InChI=1S/C12H15O2.BrH.Mg/c1-12(2)8-13-11(14-9-12)10-6-4-3-5-7-10;;/h4-7,11H,8-9H2,1-2H3;1H;/q-1;;+2/p-1. The number of halogens is 1. The van der Waals surface area contributed by atoms with Crippen LogP contribution >= 0.6 is 0 Å². The van der Waals surface area contributed by atoms with Crippen molar-refractivity contribution in [2.45, 2.75) is 20.1 Å². The van der Waals surface area contributed by atoms with Crippen LogP contribution in [-0.2, 0) is 9.47 Å². The molecule has 0 saturated carbocycles. The van der Waals surface area contributed by atoms with E-state index in [0.717, 1.165) is 18.8 Å². The summed E-state index contributed by atoms with van der Waals surface area (Å²) in [6.07, 6.45) is -0.197. The second-order valence-corrected chi connectivity index (χ2v) is 4.45. The molecule has 1 aliphatic heterocycles. The first-order chi connectivity index (χ1) is 6.67. The summed E-state index contributed by atoms with van der Waals surface area (Å²) in [6, 6.07) is 10.7. The number of rotatable bonds is 1. The molecule has 1 aromatic carbocycles. The van der Waals surface area contributed by atoms with Gasteiger partial charge in [0.1, 0.15) is 0 Å². The molecule has 0 bridgehead atoms. The van der Waals surface area contributed by atoms with Gasteiger partial charge < -0.3 is 26.5 Å². The second-order valence-electron chi connectivity index (χ2n) is 4.45. The molecule has 2 nitrogen and oxygen atoms in total. The topological polar surface area (TPSA) is 18.5 Å². The Morgan fingerprint density at radius 3 is 2.19 bits per heavy atom. The van der Waals surface area contributed by atoms with Crippen LogP contribution in [0.15, 0.2) is 24.3 Å². The average molecular weight is 295 g/mol. The van der Waals surface area contributed by atoms with Gasteiger partial charge in [-0.25, -0.2) is 0 Å². The van der Waals surface area contributed by atoms with E-state index in [0.29, 0.717) is 0 Å². The SMILES string of the molecule is CC1(C)COC(c2cc[c-]cc2)OC1.[Br-].[Mg+2]. The third-order valence-corrected chi connectivity index (χ3v) is 2.27. The number of hydrogen-bond donors (Lipinski definition) is 0. The molecular weight excluding hydrogens is 280 g/mol. The van der Waals surface area contributed by atoms with Crippen molar-refractivity contribution >= 4 is 23.1 Å². The van der Waals surface area contributed by atoms with Gasteiger partial charge in [-0.15, -0.1) is 5.56 Å². The fourth-order valence-corrected chi connectivity index (χ4v) is 1.44. The fourth-order valence-electron chi connectivity index (χ4n) is 1.44. The zero-order valence-corrected chi connectivity index (χ0v) is 12.7. The Hall–Kier alpha value is 0.386. The normalized spacial score (nSPS) is 19.4. The zero-order chi connectivity index (χ0) is 10.0. The Bertz CT molecular complexity index is 293. The molecule has 2 rings (SSSR count). The van der Waals surface area contributed by atoms with Crippen LogP contribution < -0.4 is 17.0 Å². The van der Waals surface area contributed by atoms with Crippen LogP contribution in [0.25, 0.3) is 0 Å². The van der Waals surface area contributed by atoms with E-state index in [-0.39, 0.29) is 51.7 Å².